The molecule has 180 valence electrons. The summed E-state index contributed by atoms with van der Waals surface area (Å²) in [5.74, 6) is 1.31. The fraction of sp³-hybridized carbons (Fsp3) is 0.320. The van der Waals surface area contributed by atoms with Crippen LogP contribution in [0.2, 0.25) is 0 Å². The number of sulfonamides is 1. The molecule has 0 aliphatic carbocycles. The first kappa shape index (κ1) is 24.4. The van der Waals surface area contributed by atoms with Gasteiger partial charge in [0.15, 0.2) is 0 Å². The van der Waals surface area contributed by atoms with Crippen LogP contribution in [0, 0.1) is 0 Å². The minimum atomic E-state index is -3.98. The molecule has 34 heavy (non-hydrogen) atoms. The van der Waals surface area contributed by atoms with E-state index in [2.05, 4.69) is 0 Å². The van der Waals surface area contributed by atoms with Crippen molar-refractivity contribution in [3.05, 3.63) is 77.2 Å². The van der Waals surface area contributed by atoms with Gasteiger partial charge in [-0.25, -0.2) is 12.7 Å². The minimum absolute atomic E-state index is 0.0000957. The summed E-state index contributed by atoms with van der Waals surface area (Å²) < 4.78 is 39.3. The van der Waals surface area contributed by atoms with Crippen LogP contribution in [0.5, 0.6) is 5.75 Å². The average Bonchev–Trinajstić information content (AvgIpc) is 3.30. The Labute approximate surface area is 204 Å². The third-order valence-electron chi connectivity index (χ3n) is 5.40. The molecule has 4 rings (SSSR count). The quantitative estimate of drug-likeness (QED) is 0.385. The molecule has 2 aromatic carbocycles. The number of amides is 1. The maximum Gasteiger partial charge on any atom is 0.270 e. The normalized spacial score (nSPS) is 14.8. The van der Waals surface area contributed by atoms with Gasteiger partial charge in [-0.15, -0.1) is 11.8 Å². The molecule has 1 aliphatic heterocycles. The first-order valence-corrected chi connectivity index (χ1v) is 13.4. The third-order valence-corrected chi connectivity index (χ3v) is 8.31. The van der Waals surface area contributed by atoms with Gasteiger partial charge in [-0.1, -0.05) is 32.0 Å². The number of carbonyl (C=O) groups excluding carboxylic acids is 1. The van der Waals surface area contributed by atoms with E-state index in [0.29, 0.717) is 23.6 Å². The summed E-state index contributed by atoms with van der Waals surface area (Å²) in [4.78, 5) is 16.1. The third kappa shape index (κ3) is 5.01. The van der Waals surface area contributed by atoms with Gasteiger partial charge in [0.2, 0.25) is 0 Å². The van der Waals surface area contributed by atoms with Crippen LogP contribution in [-0.2, 0) is 23.2 Å². The van der Waals surface area contributed by atoms with Crippen molar-refractivity contribution in [3.8, 4) is 5.75 Å². The standard InChI is InChI=1S/C25H28N2O5S2/c1-17(2)22-12-20(31-15-19-11-10-18(32-19)14-26(3)4)13-23-24(22)25(28)27(34(23,29)30)16-33-21-8-6-5-7-9-21/h5-13,17H,14-16H2,1-4H3. The number of benzene rings is 2. The smallest absolute Gasteiger partial charge is 0.270 e. The highest BCUT2D eigenvalue weighted by atomic mass is 32.2. The molecule has 9 heteroatoms. The number of hydrogen-bond donors (Lipinski definition) is 0. The van der Waals surface area contributed by atoms with Gasteiger partial charge in [0, 0.05) is 11.0 Å². The van der Waals surface area contributed by atoms with Gasteiger partial charge in [0.1, 0.15) is 28.8 Å². The predicted octanol–water partition coefficient (Wildman–Crippen LogP) is 4.94. The van der Waals surface area contributed by atoms with Crippen LogP contribution in [0.15, 0.2) is 68.8 Å². The van der Waals surface area contributed by atoms with E-state index in [1.54, 1.807) is 6.07 Å². The fourth-order valence-electron chi connectivity index (χ4n) is 3.76. The Bertz CT molecular complexity index is 1280. The molecule has 0 saturated heterocycles. The Hall–Kier alpha value is -2.75. The van der Waals surface area contributed by atoms with Crippen molar-refractivity contribution < 1.29 is 22.4 Å². The number of furan rings is 1. The molecular formula is C25H28N2O5S2. The van der Waals surface area contributed by atoms with Crippen LogP contribution < -0.4 is 4.74 Å². The number of thioether (sulfide) groups is 1. The maximum atomic E-state index is 13.3. The number of ether oxygens (including phenoxy) is 1. The summed E-state index contributed by atoms with van der Waals surface area (Å²) in [6.45, 7) is 4.69. The summed E-state index contributed by atoms with van der Waals surface area (Å²) in [5, 5.41) is 0. The highest BCUT2D eigenvalue weighted by molar-refractivity contribution is 8.00. The first-order valence-electron chi connectivity index (χ1n) is 10.9. The molecule has 1 aromatic heterocycles. The second kappa shape index (κ2) is 9.85. The summed E-state index contributed by atoms with van der Waals surface area (Å²) in [5.41, 5.74) is 0.892. The zero-order chi connectivity index (χ0) is 24.5. The molecule has 0 radical (unpaired) electrons. The highest BCUT2D eigenvalue weighted by Crippen LogP contribution is 2.40. The van der Waals surface area contributed by atoms with Crippen LogP contribution in [0.4, 0.5) is 0 Å². The summed E-state index contributed by atoms with van der Waals surface area (Å²) in [7, 11) is -0.0658. The van der Waals surface area contributed by atoms with Gasteiger partial charge in [0.05, 0.1) is 18.0 Å². The zero-order valence-electron chi connectivity index (χ0n) is 19.6. The second-order valence-corrected chi connectivity index (χ2v) is 11.5. The van der Waals surface area contributed by atoms with E-state index in [-0.39, 0.29) is 28.9 Å². The van der Waals surface area contributed by atoms with E-state index in [1.165, 1.54) is 17.8 Å². The van der Waals surface area contributed by atoms with Gasteiger partial charge in [-0.3, -0.25) is 4.79 Å². The van der Waals surface area contributed by atoms with Crippen LogP contribution in [0.25, 0.3) is 0 Å². The van der Waals surface area contributed by atoms with Gasteiger partial charge < -0.3 is 14.1 Å². The Balaban J connectivity index is 1.59. The number of rotatable bonds is 9. The van der Waals surface area contributed by atoms with Crippen molar-refractivity contribution in [2.75, 3.05) is 20.0 Å². The van der Waals surface area contributed by atoms with E-state index >= 15 is 0 Å². The summed E-state index contributed by atoms with van der Waals surface area (Å²) >= 11 is 1.31. The Morgan fingerprint density at radius 1 is 1.06 bits per heavy atom. The first-order chi connectivity index (χ1) is 16.2. The van der Waals surface area contributed by atoms with Gasteiger partial charge in [0.25, 0.3) is 15.9 Å². The molecule has 0 fully saturated rings. The van der Waals surface area contributed by atoms with Crippen LogP contribution in [0.3, 0.4) is 0 Å². The molecule has 7 nitrogen and oxygen atoms in total. The topological polar surface area (TPSA) is 80.1 Å². The lowest BCUT2D eigenvalue weighted by Gasteiger charge is -2.14. The van der Waals surface area contributed by atoms with E-state index in [0.717, 1.165) is 15.0 Å². The Morgan fingerprint density at radius 3 is 2.44 bits per heavy atom. The monoisotopic (exact) mass is 500 g/mol. The Morgan fingerprint density at radius 2 is 1.76 bits per heavy atom. The average molecular weight is 501 g/mol. The number of carbonyl (C=O) groups is 1. The highest BCUT2D eigenvalue weighted by Gasteiger charge is 2.43. The van der Waals surface area contributed by atoms with Crippen molar-refractivity contribution in [2.24, 2.45) is 0 Å². The van der Waals surface area contributed by atoms with Gasteiger partial charge in [-0.2, -0.15) is 0 Å². The maximum absolute atomic E-state index is 13.3. The Kier molecular flexibility index (Phi) is 7.06. The molecule has 1 aliphatic rings. The number of hydrogen-bond acceptors (Lipinski definition) is 7. The molecule has 0 N–H and O–H groups in total. The zero-order valence-corrected chi connectivity index (χ0v) is 21.3. The molecule has 0 spiro atoms. The van der Waals surface area contributed by atoms with Crippen LogP contribution in [-0.4, -0.2) is 43.5 Å². The fourth-order valence-corrected chi connectivity index (χ4v) is 6.48. The molecule has 0 unspecified atom stereocenters. The van der Waals surface area contributed by atoms with Gasteiger partial charge in [-0.05, 0) is 55.9 Å². The SMILES string of the molecule is CC(C)c1cc(OCc2ccc(CN(C)C)o2)cc2c1C(=O)N(CSc1ccccc1)S2(=O)=O. The van der Waals surface area contributed by atoms with E-state index in [9.17, 15) is 13.2 Å². The number of nitrogens with zero attached hydrogens (tertiary/aromatic N) is 2. The molecule has 0 saturated carbocycles. The van der Waals surface area contributed by atoms with Crippen molar-refractivity contribution in [1.29, 1.82) is 0 Å². The lowest BCUT2D eigenvalue weighted by Crippen LogP contribution is -2.29. The van der Waals surface area contributed by atoms with Crippen LogP contribution >= 0.6 is 11.8 Å². The molecule has 0 atom stereocenters. The molecule has 2 heterocycles. The van der Waals surface area contributed by atoms with Crippen molar-refractivity contribution in [3.63, 3.8) is 0 Å². The van der Waals surface area contributed by atoms with E-state index in [4.69, 9.17) is 9.15 Å². The largest absolute Gasteiger partial charge is 0.486 e. The van der Waals surface area contributed by atoms with Crippen molar-refractivity contribution in [2.45, 2.75) is 42.7 Å². The van der Waals surface area contributed by atoms with Crippen LogP contribution in [0.1, 0.15) is 47.2 Å². The second-order valence-electron chi connectivity index (χ2n) is 8.68. The molecule has 3 aromatic rings. The predicted molar refractivity (Wildman–Crippen MR) is 131 cm³/mol. The minimum Gasteiger partial charge on any atom is -0.486 e. The molecule has 0 bridgehead atoms. The van der Waals surface area contributed by atoms with E-state index < -0.39 is 15.9 Å². The van der Waals surface area contributed by atoms with Gasteiger partial charge >= 0.3 is 0 Å². The summed E-state index contributed by atoms with van der Waals surface area (Å²) in [6, 6.07) is 16.4. The lowest BCUT2D eigenvalue weighted by atomic mass is 9.96. The lowest BCUT2D eigenvalue weighted by molar-refractivity contribution is 0.0885. The summed E-state index contributed by atoms with van der Waals surface area (Å²) in [6.07, 6.45) is 0. The molecule has 1 amide bonds. The number of fused-ring (bicyclic) bond motifs is 1. The van der Waals surface area contributed by atoms with Crippen molar-refractivity contribution in [1.82, 2.24) is 9.21 Å². The van der Waals surface area contributed by atoms with E-state index in [1.807, 2.05) is 75.3 Å². The molecular weight excluding hydrogens is 472 g/mol. The van der Waals surface area contributed by atoms with Crippen molar-refractivity contribution >= 4 is 27.7 Å².